The Morgan fingerprint density at radius 1 is 1.05 bits per heavy atom. The van der Waals surface area contributed by atoms with Crippen molar-refractivity contribution in [3.05, 3.63) is 41.1 Å². The molecule has 116 valence electrons. The molecule has 0 amide bonds. The van der Waals surface area contributed by atoms with Crippen LogP contribution in [0.5, 0.6) is 0 Å². The summed E-state index contributed by atoms with van der Waals surface area (Å²) >= 11 is 0. The van der Waals surface area contributed by atoms with Crippen molar-refractivity contribution >= 4 is 17.5 Å². The Morgan fingerprint density at radius 3 is 2.59 bits per heavy atom. The number of aromatic nitrogens is 2. The van der Waals surface area contributed by atoms with Crippen LogP contribution >= 0.6 is 0 Å². The fourth-order valence-electron chi connectivity index (χ4n) is 2.97. The van der Waals surface area contributed by atoms with Gasteiger partial charge in [0.05, 0.1) is 0 Å². The monoisotopic (exact) mass is 296 g/mol. The van der Waals surface area contributed by atoms with Gasteiger partial charge in [0.25, 0.3) is 0 Å². The first-order valence-electron chi connectivity index (χ1n) is 8.07. The van der Waals surface area contributed by atoms with Crippen molar-refractivity contribution in [2.75, 3.05) is 10.6 Å². The summed E-state index contributed by atoms with van der Waals surface area (Å²) in [5, 5.41) is 6.90. The average molecular weight is 296 g/mol. The lowest BCUT2D eigenvalue weighted by atomic mass is 10.1. The predicted octanol–water partition coefficient (Wildman–Crippen LogP) is 4.50. The van der Waals surface area contributed by atoms with E-state index in [2.05, 4.69) is 52.6 Å². The van der Waals surface area contributed by atoms with Crippen LogP contribution in [0.2, 0.25) is 0 Å². The zero-order chi connectivity index (χ0) is 15.5. The molecule has 0 unspecified atom stereocenters. The Morgan fingerprint density at radius 2 is 1.82 bits per heavy atom. The smallest absolute Gasteiger partial charge is 0.225 e. The molecule has 0 spiro atoms. The maximum atomic E-state index is 4.63. The van der Waals surface area contributed by atoms with Crippen LogP contribution in [0, 0.1) is 20.8 Å². The van der Waals surface area contributed by atoms with Gasteiger partial charge in [-0.25, -0.2) is 4.98 Å². The second-order valence-corrected chi connectivity index (χ2v) is 6.22. The van der Waals surface area contributed by atoms with Gasteiger partial charge in [-0.3, -0.25) is 0 Å². The summed E-state index contributed by atoms with van der Waals surface area (Å²) in [5.41, 5.74) is 4.61. The molecule has 0 saturated heterocycles. The molecule has 1 aliphatic carbocycles. The van der Waals surface area contributed by atoms with E-state index in [9.17, 15) is 0 Å². The second kappa shape index (κ2) is 6.34. The van der Waals surface area contributed by atoms with Gasteiger partial charge in [-0.1, -0.05) is 25.0 Å². The highest BCUT2D eigenvalue weighted by atomic mass is 15.2. The van der Waals surface area contributed by atoms with Crippen molar-refractivity contribution in [1.29, 1.82) is 0 Å². The van der Waals surface area contributed by atoms with Crippen molar-refractivity contribution in [3.63, 3.8) is 0 Å². The highest BCUT2D eigenvalue weighted by Crippen LogP contribution is 2.24. The highest BCUT2D eigenvalue weighted by molar-refractivity contribution is 5.62. The van der Waals surface area contributed by atoms with E-state index in [-0.39, 0.29) is 0 Å². The number of hydrogen-bond donors (Lipinski definition) is 2. The minimum atomic E-state index is 0.523. The fraction of sp³-hybridized carbons (Fsp3) is 0.444. The molecule has 2 aromatic rings. The van der Waals surface area contributed by atoms with Crippen LogP contribution in [0.1, 0.15) is 42.5 Å². The van der Waals surface area contributed by atoms with Gasteiger partial charge in [-0.05, 0) is 50.8 Å². The summed E-state index contributed by atoms with van der Waals surface area (Å²) in [5.74, 6) is 1.58. The Bertz CT molecular complexity index is 660. The van der Waals surface area contributed by atoms with E-state index in [1.54, 1.807) is 0 Å². The SMILES string of the molecule is Cc1cc(Nc2cccc(C)c2C)nc(NC2CCCC2)n1. The number of aryl methyl sites for hydroxylation is 2. The van der Waals surface area contributed by atoms with E-state index in [1.165, 1.54) is 36.8 Å². The van der Waals surface area contributed by atoms with Gasteiger partial charge in [0.2, 0.25) is 5.95 Å². The lowest BCUT2D eigenvalue weighted by molar-refractivity contribution is 0.743. The number of hydrogen-bond acceptors (Lipinski definition) is 4. The normalized spacial score (nSPS) is 15.0. The highest BCUT2D eigenvalue weighted by Gasteiger charge is 2.16. The van der Waals surface area contributed by atoms with Crippen molar-refractivity contribution in [2.45, 2.75) is 52.5 Å². The van der Waals surface area contributed by atoms with Gasteiger partial charge >= 0.3 is 0 Å². The molecule has 22 heavy (non-hydrogen) atoms. The molecule has 4 nitrogen and oxygen atoms in total. The Balaban J connectivity index is 1.81. The van der Waals surface area contributed by atoms with Gasteiger partial charge in [-0.15, -0.1) is 0 Å². The molecule has 2 N–H and O–H groups in total. The van der Waals surface area contributed by atoms with Crippen LogP contribution in [0.25, 0.3) is 0 Å². The van der Waals surface area contributed by atoms with Crippen LogP contribution in [-0.4, -0.2) is 16.0 Å². The lowest BCUT2D eigenvalue weighted by Crippen LogP contribution is -2.17. The van der Waals surface area contributed by atoms with Gasteiger partial charge in [0.15, 0.2) is 0 Å². The molecule has 1 fully saturated rings. The summed E-state index contributed by atoms with van der Waals surface area (Å²) in [4.78, 5) is 9.15. The van der Waals surface area contributed by atoms with E-state index in [4.69, 9.17) is 0 Å². The van der Waals surface area contributed by atoms with Crippen LogP contribution in [0.3, 0.4) is 0 Å². The number of rotatable bonds is 4. The molecule has 1 aromatic heterocycles. The van der Waals surface area contributed by atoms with Gasteiger partial charge in [-0.2, -0.15) is 4.98 Å². The molecule has 1 aromatic carbocycles. The summed E-state index contributed by atoms with van der Waals surface area (Å²) < 4.78 is 0. The molecule has 0 atom stereocenters. The minimum Gasteiger partial charge on any atom is -0.351 e. The third-order valence-electron chi connectivity index (χ3n) is 4.41. The zero-order valence-corrected chi connectivity index (χ0v) is 13.6. The van der Waals surface area contributed by atoms with Crippen LogP contribution in [0.4, 0.5) is 17.5 Å². The third kappa shape index (κ3) is 3.38. The van der Waals surface area contributed by atoms with Gasteiger partial charge < -0.3 is 10.6 Å². The molecule has 1 heterocycles. The van der Waals surface area contributed by atoms with Gasteiger partial charge in [0, 0.05) is 23.5 Å². The van der Waals surface area contributed by atoms with E-state index in [0.29, 0.717) is 6.04 Å². The molecule has 4 heteroatoms. The largest absolute Gasteiger partial charge is 0.351 e. The maximum absolute atomic E-state index is 4.63. The van der Waals surface area contributed by atoms with Crippen LogP contribution < -0.4 is 10.6 Å². The minimum absolute atomic E-state index is 0.523. The summed E-state index contributed by atoms with van der Waals surface area (Å²) in [7, 11) is 0. The Hall–Kier alpha value is -2.10. The predicted molar refractivity (Wildman–Crippen MR) is 91.8 cm³/mol. The number of anilines is 3. The standard InChI is InChI=1S/C18H24N4/c1-12-7-6-10-16(14(12)3)21-17-11-13(2)19-18(22-17)20-15-8-4-5-9-15/h6-7,10-11,15H,4-5,8-9H2,1-3H3,(H2,19,20,21,22). The number of nitrogens with one attached hydrogen (secondary N) is 2. The average Bonchev–Trinajstić information content (AvgIpc) is 2.96. The molecular weight excluding hydrogens is 272 g/mol. The van der Waals surface area contributed by atoms with Crippen molar-refractivity contribution < 1.29 is 0 Å². The topological polar surface area (TPSA) is 49.8 Å². The second-order valence-electron chi connectivity index (χ2n) is 6.22. The van der Waals surface area contributed by atoms with Crippen molar-refractivity contribution in [1.82, 2.24) is 9.97 Å². The summed E-state index contributed by atoms with van der Waals surface area (Å²) in [6.07, 6.45) is 5.04. The number of benzene rings is 1. The van der Waals surface area contributed by atoms with E-state index < -0.39 is 0 Å². The van der Waals surface area contributed by atoms with Crippen molar-refractivity contribution in [2.24, 2.45) is 0 Å². The summed E-state index contributed by atoms with van der Waals surface area (Å²) in [6, 6.07) is 8.79. The fourth-order valence-corrected chi connectivity index (χ4v) is 2.97. The molecule has 0 radical (unpaired) electrons. The quantitative estimate of drug-likeness (QED) is 0.872. The Kier molecular flexibility index (Phi) is 4.27. The first-order valence-corrected chi connectivity index (χ1v) is 8.07. The van der Waals surface area contributed by atoms with Gasteiger partial charge in [0.1, 0.15) is 5.82 Å². The number of nitrogens with zero attached hydrogens (tertiary/aromatic N) is 2. The molecule has 1 saturated carbocycles. The molecule has 0 aliphatic heterocycles. The molecular formula is C18H24N4. The first-order chi connectivity index (χ1) is 10.6. The molecule has 3 rings (SSSR count). The van der Waals surface area contributed by atoms with E-state index >= 15 is 0 Å². The third-order valence-corrected chi connectivity index (χ3v) is 4.41. The molecule has 0 bridgehead atoms. The first kappa shape index (κ1) is 14.8. The van der Waals surface area contributed by atoms with Crippen LogP contribution in [0.15, 0.2) is 24.3 Å². The molecule has 1 aliphatic rings. The lowest BCUT2D eigenvalue weighted by Gasteiger charge is -2.15. The van der Waals surface area contributed by atoms with Crippen molar-refractivity contribution in [3.8, 4) is 0 Å². The Labute approximate surface area is 132 Å². The summed E-state index contributed by atoms with van der Waals surface area (Å²) in [6.45, 7) is 6.26. The maximum Gasteiger partial charge on any atom is 0.225 e. The zero-order valence-electron chi connectivity index (χ0n) is 13.6. The van der Waals surface area contributed by atoms with E-state index in [0.717, 1.165) is 23.1 Å². The van der Waals surface area contributed by atoms with E-state index in [1.807, 2.05) is 13.0 Å². The van der Waals surface area contributed by atoms with Crippen LogP contribution in [-0.2, 0) is 0 Å².